The van der Waals surface area contributed by atoms with Gasteiger partial charge in [-0.25, -0.2) is 0 Å². The van der Waals surface area contributed by atoms with Crippen molar-refractivity contribution in [2.24, 2.45) is 0 Å². The maximum absolute atomic E-state index is 11.5. The highest BCUT2D eigenvalue weighted by molar-refractivity contribution is 5.76. The zero-order valence-corrected chi connectivity index (χ0v) is 9.26. The van der Waals surface area contributed by atoms with E-state index in [1.165, 1.54) is 0 Å². The zero-order chi connectivity index (χ0) is 11.9. The minimum atomic E-state index is -0.0151. The predicted octanol–water partition coefficient (Wildman–Crippen LogP) is 0.449. The molecule has 0 spiro atoms. The summed E-state index contributed by atoms with van der Waals surface area (Å²) >= 11 is 0. The zero-order valence-electron chi connectivity index (χ0n) is 9.26. The molecular weight excluding hydrogens is 218 g/mol. The van der Waals surface area contributed by atoms with Crippen molar-refractivity contribution in [3.8, 4) is 0 Å². The van der Waals surface area contributed by atoms with Crippen molar-refractivity contribution in [3.63, 3.8) is 0 Å². The number of carbonyl (C=O) groups is 1. The van der Waals surface area contributed by atoms with Gasteiger partial charge in [-0.05, 0) is 5.56 Å². The molecule has 0 aliphatic carbocycles. The summed E-state index contributed by atoms with van der Waals surface area (Å²) in [7, 11) is 0. The highest BCUT2D eigenvalue weighted by Gasteiger charge is 2.04. The second kappa shape index (κ2) is 5.74. The lowest BCUT2D eigenvalue weighted by molar-refractivity contribution is -0.121. The van der Waals surface area contributed by atoms with Gasteiger partial charge in [0.15, 0.2) is 5.82 Å². The van der Waals surface area contributed by atoms with Crippen LogP contribution < -0.4 is 5.32 Å². The van der Waals surface area contributed by atoms with E-state index in [-0.39, 0.29) is 5.91 Å². The SMILES string of the molecule is O=C(CCc1nn[nH]n1)NCc1ccccc1. The molecule has 0 aliphatic rings. The fourth-order valence-corrected chi connectivity index (χ4v) is 1.40. The van der Waals surface area contributed by atoms with E-state index in [0.29, 0.717) is 25.2 Å². The highest BCUT2D eigenvalue weighted by atomic mass is 16.1. The van der Waals surface area contributed by atoms with Gasteiger partial charge in [-0.1, -0.05) is 35.5 Å². The average Bonchev–Trinajstić information content (AvgIpc) is 2.88. The summed E-state index contributed by atoms with van der Waals surface area (Å²) < 4.78 is 0. The first-order valence-corrected chi connectivity index (χ1v) is 5.37. The summed E-state index contributed by atoms with van der Waals surface area (Å²) in [4.78, 5) is 11.5. The second-order valence-corrected chi connectivity index (χ2v) is 3.59. The Kier molecular flexibility index (Phi) is 3.80. The Morgan fingerprint density at radius 2 is 2.12 bits per heavy atom. The summed E-state index contributed by atoms with van der Waals surface area (Å²) in [5.74, 6) is 0.540. The Hall–Kier alpha value is -2.24. The number of benzene rings is 1. The number of hydrogen-bond acceptors (Lipinski definition) is 4. The fourth-order valence-electron chi connectivity index (χ4n) is 1.40. The lowest BCUT2D eigenvalue weighted by atomic mass is 10.2. The van der Waals surface area contributed by atoms with E-state index in [0.717, 1.165) is 5.56 Å². The predicted molar refractivity (Wildman–Crippen MR) is 60.8 cm³/mol. The maximum atomic E-state index is 11.5. The number of aryl methyl sites for hydroxylation is 1. The summed E-state index contributed by atoms with van der Waals surface area (Å²) in [5, 5.41) is 16.2. The summed E-state index contributed by atoms with van der Waals surface area (Å²) in [6.45, 7) is 0.548. The molecule has 1 aromatic carbocycles. The van der Waals surface area contributed by atoms with Crippen LogP contribution in [0.4, 0.5) is 0 Å². The molecular formula is C11H13N5O. The molecule has 0 aliphatic heterocycles. The van der Waals surface area contributed by atoms with Crippen LogP contribution >= 0.6 is 0 Å². The maximum Gasteiger partial charge on any atom is 0.220 e. The molecule has 1 aromatic heterocycles. The van der Waals surface area contributed by atoms with Crippen molar-refractivity contribution in [2.45, 2.75) is 19.4 Å². The van der Waals surface area contributed by atoms with Gasteiger partial charge in [0.05, 0.1) is 0 Å². The number of hydrogen-bond donors (Lipinski definition) is 2. The number of nitrogens with zero attached hydrogens (tertiary/aromatic N) is 3. The van der Waals surface area contributed by atoms with Crippen LogP contribution in [0.25, 0.3) is 0 Å². The third-order valence-electron chi connectivity index (χ3n) is 2.30. The van der Waals surface area contributed by atoms with Crippen LogP contribution in [0.15, 0.2) is 30.3 Å². The first-order chi connectivity index (χ1) is 8.34. The standard InChI is InChI=1S/C11H13N5O/c17-11(7-6-10-13-15-16-14-10)12-8-9-4-2-1-3-5-9/h1-5H,6-8H2,(H,12,17)(H,13,14,15,16). The Bertz CT molecular complexity index is 454. The van der Waals surface area contributed by atoms with Crippen molar-refractivity contribution in [1.29, 1.82) is 0 Å². The van der Waals surface area contributed by atoms with Gasteiger partial charge in [0.2, 0.25) is 5.91 Å². The van der Waals surface area contributed by atoms with E-state index in [9.17, 15) is 4.79 Å². The summed E-state index contributed by atoms with van der Waals surface area (Å²) in [5.41, 5.74) is 1.08. The number of tetrazole rings is 1. The van der Waals surface area contributed by atoms with Gasteiger partial charge >= 0.3 is 0 Å². The van der Waals surface area contributed by atoms with Gasteiger partial charge in [-0.2, -0.15) is 5.21 Å². The highest BCUT2D eigenvalue weighted by Crippen LogP contribution is 1.98. The molecule has 0 fully saturated rings. The van der Waals surface area contributed by atoms with Gasteiger partial charge in [0.25, 0.3) is 0 Å². The molecule has 1 heterocycles. The van der Waals surface area contributed by atoms with Crippen molar-refractivity contribution < 1.29 is 4.79 Å². The Morgan fingerprint density at radius 1 is 1.29 bits per heavy atom. The monoisotopic (exact) mass is 231 g/mol. The van der Waals surface area contributed by atoms with Gasteiger partial charge in [0, 0.05) is 19.4 Å². The van der Waals surface area contributed by atoms with E-state index in [1.54, 1.807) is 0 Å². The molecule has 1 amide bonds. The van der Waals surface area contributed by atoms with Crippen LogP contribution in [-0.2, 0) is 17.8 Å². The molecule has 2 aromatic rings. The lowest BCUT2D eigenvalue weighted by Gasteiger charge is -2.03. The van der Waals surface area contributed by atoms with Gasteiger partial charge in [-0.3, -0.25) is 4.79 Å². The Balaban J connectivity index is 1.71. The third-order valence-corrected chi connectivity index (χ3v) is 2.30. The van der Waals surface area contributed by atoms with Gasteiger partial charge in [0.1, 0.15) is 0 Å². The van der Waals surface area contributed by atoms with Crippen LogP contribution in [0.3, 0.4) is 0 Å². The molecule has 0 bridgehead atoms. The molecule has 2 rings (SSSR count). The van der Waals surface area contributed by atoms with Crippen molar-refractivity contribution in [3.05, 3.63) is 41.7 Å². The van der Waals surface area contributed by atoms with Crippen LogP contribution in [0.1, 0.15) is 17.8 Å². The normalized spacial score (nSPS) is 10.1. The number of rotatable bonds is 5. The summed E-state index contributed by atoms with van der Waals surface area (Å²) in [6.07, 6.45) is 0.865. The van der Waals surface area contributed by atoms with Crippen LogP contribution in [0.5, 0.6) is 0 Å². The fraction of sp³-hybridized carbons (Fsp3) is 0.273. The van der Waals surface area contributed by atoms with Crippen LogP contribution in [-0.4, -0.2) is 26.5 Å². The molecule has 6 heteroatoms. The summed E-state index contributed by atoms with van der Waals surface area (Å²) in [6, 6.07) is 9.78. The largest absolute Gasteiger partial charge is 0.352 e. The smallest absolute Gasteiger partial charge is 0.220 e. The van der Waals surface area contributed by atoms with Gasteiger partial charge in [-0.15, -0.1) is 10.2 Å². The van der Waals surface area contributed by atoms with Crippen molar-refractivity contribution in [1.82, 2.24) is 25.9 Å². The number of aromatic amines is 1. The molecule has 2 N–H and O–H groups in total. The minimum Gasteiger partial charge on any atom is -0.352 e. The molecule has 0 unspecified atom stereocenters. The lowest BCUT2D eigenvalue weighted by Crippen LogP contribution is -2.23. The number of H-pyrrole nitrogens is 1. The average molecular weight is 231 g/mol. The van der Waals surface area contributed by atoms with Crippen molar-refractivity contribution >= 4 is 5.91 Å². The van der Waals surface area contributed by atoms with E-state index < -0.39 is 0 Å². The molecule has 88 valence electrons. The third kappa shape index (κ3) is 3.67. The van der Waals surface area contributed by atoms with E-state index in [4.69, 9.17) is 0 Å². The molecule has 0 saturated carbocycles. The first kappa shape index (κ1) is 11.3. The quantitative estimate of drug-likeness (QED) is 0.782. The Morgan fingerprint density at radius 3 is 2.82 bits per heavy atom. The number of aromatic nitrogens is 4. The van der Waals surface area contributed by atoms with Gasteiger partial charge < -0.3 is 5.32 Å². The topological polar surface area (TPSA) is 83.6 Å². The van der Waals surface area contributed by atoms with E-state index in [1.807, 2.05) is 30.3 Å². The Labute approximate surface area is 98.4 Å². The molecule has 0 saturated heterocycles. The van der Waals surface area contributed by atoms with E-state index in [2.05, 4.69) is 25.9 Å². The number of amides is 1. The molecule has 17 heavy (non-hydrogen) atoms. The molecule has 0 radical (unpaired) electrons. The van der Waals surface area contributed by atoms with Crippen molar-refractivity contribution in [2.75, 3.05) is 0 Å². The second-order valence-electron chi connectivity index (χ2n) is 3.59. The van der Waals surface area contributed by atoms with E-state index >= 15 is 0 Å². The molecule has 0 atom stereocenters. The van der Waals surface area contributed by atoms with Crippen LogP contribution in [0.2, 0.25) is 0 Å². The first-order valence-electron chi connectivity index (χ1n) is 5.37. The minimum absolute atomic E-state index is 0.0151. The number of carbonyl (C=O) groups excluding carboxylic acids is 1. The van der Waals surface area contributed by atoms with Crippen LogP contribution in [0, 0.1) is 0 Å². The molecule has 6 nitrogen and oxygen atoms in total. The number of nitrogens with one attached hydrogen (secondary N) is 2.